The molecule has 1 N–H and O–H groups in total. The van der Waals surface area contributed by atoms with E-state index in [1.807, 2.05) is 0 Å². The molecule has 0 spiro atoms. The summed E-state index contributed by atoms with van der Waals surface area (Å²) in [6.07, 6.45) is 8.68. The normalized spacial score (nSPS) is 22.0. The van der Waals surface area contributed by atoms with Gasteiger partial charge in [0.05, 0.1) is 6.07 Å². The molecule has 0 amide bonds. The van der Waals surface area contributed by atoms with Crippen LogP contribution in [0.5, 0.6) is 0 Å². The third-order valence-corrected chi connectivity index (χ3v) is 4.53. The van der Waals surface area contributed by atoms with Crippen molar-refractivity contribution in [2.75, 3.05) is 13.1 Å². The first kappa shape index (κ1) is 15.8. The summed E-state index contributed by atoms with van der Waals surface area (Å²) in [4.78, 5) is 2.66. The van der Waals surface area contributed by atoms with E-state index in [9.17, 15) is 5.26 Å². The second-order valence-corrected chi connectivity index (χ2v) is 7.42. The molecule has 3 heteroatoms. The Kier molecular flexibility index (Phi) is 5.46. The molecule has 0 saturated heterocycles. The molecular weight excluding hydrogens is 246 g/mol. The zero-order valence-corrected chi connectivity index (χ0v) is 13.5. The van der Waals surface area contributed by atoms with Crippen LogP contribution < -0.4 is 5.32 Å². The van der Waals surface area contributed by atoms with E-state index in [1.165, 1.54) is 45.2 Å². The van der Waals surface area contributed by atoms with Gasteiger partial charge >= 0.3 is 0 Å². The van der Waals surface area contributed by atoms with Crippen LogP contribution in [0.3, 0.4) is 0 Å². The van der Waals surface area contributed by atoms with Gasteiger partial charge in [-0.1, -0.05) is 13.8 Å². The van der Waals surface area contributed by atoms with Crippen molar-refractivity contribution in [1.29, 1.82) is 5.26 Å². The number of nitriles is 1. The average molecular weight is 277 g/mol. The summed E-state index contributed by atoms with van der Waals surface area (Å²) < 4.78 is 0. The van der Waals surface area contributed by atoms with Crippen molar-refractivity contribution in [1.82, 2.24) is 10.2 Å². The maximum absolute atomic E-state index is 9.40. The number of nitrogens with zero attached hydrogens (tertiary/aromatic N) is 2. The lowest BCUT2D eigenvalue weighted by Gasteiger charge is -2.27. The Morgan fingerprint density at radius 1 is 1.25 bits per heavy atom. The summed E-state index contributed by atoms with van der Waals surface area (Å²) in [6.45, 7) is 9.08. The fraction of sp³-hybridized carbons (Fsp3) is 0.941. The Morgan fingerprint density at radius 3 is 2.45 bits per heavy atom. The molecule has 2 rings (SSSR count). The summed E-state index contributed by atoms with van der Waals surface area (Å²) in [5.74, 6) is 0.789. The van der Waals surface area contributed by atoms with Gasteiger partial charge in [-0.05, 0) is 70.9 Å². The predicted octanol–water partition coefficient (Wildman–Crippen LogP) is 3.31. The Bertz CT molecular complexity index is 339. The summed E-state index contributed by atoms with van der Waals surface area (Å²) in [5.41, 5.74) is -0.311. The Hall–Kier alpha value is -0.590. The molecule has 2 fully saturated rings. The highest BCUT2D eigenvalue weighted by atomic mass is 15.2. The summed E-state index contributed by atoms with van der Waals surface area (Å²) in [7, 11) is 0. The maximum Gasteiger partial charge on any atom is 0.104 e. The molecule has 2 aliphatic rings. The molecule has 0 aromatic carbocycles. The van der Waals surface area contributed by atoms with Crippen LogP contribution in [-0.4, -0.2) is 35.6 Å². The molecule has 0 aliphatic heterocycles. The van der Waals surface area contributed by atoms with Gasteiger partial charge in [0.2, 0.25) is 0 Å². The van der Waals surface area contributed by atoms with Gasteiger partial charge in [0.25, 0.3) is 0 Å². The molecule has 0 heterocycles. The maximum atomic E-state index is 9.40. The van der Waals surface area contributed by atoms with Gasteiger partial charge in [-0.2, -0.15) is 5.26 Å². The zero-order valence-electron chi connectivity index (χ0n) is 13.5. The first-order valence-electron chi connectivity index (χ1n) is 8.45. The standard InChI is InChI=1S/C17H31N3/c1-14(2)9-12-20(16-7-8-16)11-4-10-17(3,13-18)19-15-5-6-15/h14-16,19H,4-12H2,1-3H3. The van der Waals surface area contributed by atoms with Crippen molar-refractivity contribution in [3.05, 3.63) is 0 Å². The lowest BCUT2D eigenvalue weighted by atomic mass is 9.97. The minimum atomic E-state index is -0.311. The second-order valence-electron chi connectivity index (χ2n) is 7.42. The van der Waals surface area contributed by atoms with Gasteiger partial charge in [-0.3, -0.25) is 5.32 Å². The Balaban J connectivity index is 1.70. The van der Waals surface area contributed by atoms with Crippen LogP contribution in [0, 0.1) is 17.2 Å². The minimum Gasteiger partial charge on any atom is -0.300 e. The fourth-order valence-electron chi connectivity index (χ4n) is 2.81. The molecule has 20 heavy (non-hydrogen) atoms. The summed E-state index contributed by atoms with van der Waals surface area (Å²) in [5, 5.41) is 12.9. The van der Waals surface area contributed by atoms with Crippen LogP contribution in [0.25, 0.3) is 0 Å². The minimum absolute atomic E-state index is 0.311. The van der Waals surface area contributed by atoms with E-state index in [0.29, 0.717) is 6.04 Å². The third-order valence-electron chi connectivity index (χ3n) is 4.53. The first-order valence-corrected chi connectivity index (χ1v) is 8.45. The highest BCUT2D eigenvalue weighted by molar-refractivity contribution is 5.07. The number of nitrogens with one attached hydrogen (secondary N) is 1. The van der Waals surface area contributed by atoms with E-state index in [4.69, 9.17) is 0 Å². The fourth-order valence-corrected chi connectivity index (χ4v) is 2.81. The van der Waals surface area contributed by atoms with E-state index >= 15 is 0 Å². The smallest absolute Gasteiger partial charge is 0.104 e. The highest BCUT2D eigenvalue weighted by Crippen LogP contribution is 2.29. The topological polar surface area (TPSA) is 39.1 Å². The van der Waals surface area contributed by atoms with Crippen LogP contribution in [0.2, 0.25) is 0 Å². The third kappa shape index (κ3) is 5.42. The molecule has 2 aliphatic carbocycles. The average Bonchev–Trinajstić information content (AvgIpc) is 3.25. The zero-order chi connectivity index (χ0) is 14.6. The molecule has 1 unspecified atom stereocenters. The Morgan fingerprint density at radius 2 is 1.95 bits per heavy atom. The van der Waals surface area contributed by atoms with E-state index in [1.54, 1.807) is 0 Å². The molecule has 0 radical (unpaired) electrons. The van der Waals surface area contributed by atoms with Crippen molar-refractivity contribution in [3.63, 3.8) is 0 Å². The van der Waals surface area contributed by atoms with Crippen molar-refractivity contribution in [2.45, 2.75) is 83.3 Å². The monoisotopic (exact) mass is 277 g/mol. The molecule has 2 saturated carbocycles. The highest BCUT2D eigenvalue weighted by Gasteiger charge is 2.33. The van der Waals surface area contributed by atoms with Crippen molar-refractivity contribution in [2.24, 2.45) is 5.92 Å². The van der Waals surface area contributed by atoms with Crippen molar-refractivity contribution >= 4 is 0 Å². The molecule has 114 valence electrons. The molecule has 0 aromatic rings. The summed E-state index contributed by atoms with van der Waals surface area (Å²) in [6, 6.07) is 3.95. The molecular formula is C17H31N3. The van der Waals surface area contributed by atoms with Gasteiger partial charge < -0.3 is 4.90 Å². The van der Waals surface area contributed by atoms with E-state index in [-0.39, 0.29) is 5.54 Å². The second kappa shape index (κ2) is 6.91. The molecule has 0 bridgehead atoms. The quantitative estimate of drug-likeness (QED) is 0.666. The number of rotatable bonds is 10. The van der Waals surface area contributed by atoms with Crippen molar-refractivity contribution in [3.8, 4) is 6.07 Å². The van der Waals surface area contributed by atoms with Gasteiger partial charge in [0.1, 0.15) is 5.54 Å². The van der Waals surface area contributed by atoms with Crippen LogP contribution in [0.4, 0.5) is 0 Å². The SMILES string of the molecule is CC(C)CCN(CCCC(C)(C#N)NC1CC1)C1CC1. The first-order chi connectivity index (χ1) is 9.52. The van der Waals surface area contributed by atoms with Crippen molar-refractivity contribution < 1.29 is 0 Å². The van der Waals surface area contributed by atoms with Gasteiger partial charge in [-0.25, -0.2) is 0 Å². The lowest BCUT2D eigenvalue weighted by molar-refractivity contribution is 0.234. The van der Waals surface area contributed by atoms with E-state index in [2.05, 4.69) is 37.1 Å². The van der Waals surface area contributed by atoms with E-state index in [0.717, 1.165) is 24.8 Å². The van der Waals surface area contributed by atoms with Gasteiger partial charge in [0.15, 0.2) is 0 Å². The lowest BCUT2D eigenvalue weighted by Crippen LogP contribution is -2.43. The summed E-state index contributed by atoms with van der Waals surface area (Å²) >= 11 is 0. The van der Waals surface area contributed by atoms with Crippen LogP contribution >= 0.6 is 0 Å². The van der Waals surface area contributed by atoms with Crippen LogP contribution in [0.1, 0.15) is 65.7 Å². The van der Waals surface area contributed by atoms with Gasteiger partial charge in [-0.15, -0.1) is 0 Å². The molecule has 1 atom stereocenters. The largest absolute Gasteiger partial charge is 0.300 e. The predicted molar refractivity (Wildman–Crippen MR) is 83.5 cm³/mol. The molecule has 3 nitrogen and oxygen atoms in total. The Labute approximate surface area is 124 Å². The van der Waals surface area contributed by atoms with Gasteiger partial charge in [0, 0.05) is 12.1 Å². The molecule has 0 aromatic heterocycles. The van der Waals surface area contributed by atoms with Crippen LogP contribution in [0.15, 0.2) is 0 Å². The number of hydrogen-bond acceptors (Lipinski definition) is 3. The number of hydrogen-bond donors (Lipinski definition) is 1. The van der Waals surface area contributed by atoms with Crippen LogP contribution in [-0.2, 0) is 0 Å². The van der Waals surface area contributed by atoms with E-state index < -0.39 is 0 Å².